The van der Waals surface area contributed by atoms with Crippen molar-refractivity contribution in [3.63, 3.8) is 0 Å². The minimum atomic E-state index is 0.668. The smallest absolute Gasteiger partial charge is 0.0208 e. The van der Waals surface area contributed by atoms with Crippen LogP contribution in [0.4, 0.5) is 0 Å². The highest BCUT2D eigenvalue weighted by atomic mass is 15.1. The summed E-state index contributed by atoms with van der Waals surface area (Å²) >= 11 is 0. The first-order valence-corrected chi connectivity index (χ1v) is 7.29. The van der Waals surface area contributed by atoms with Crippen LogP contribution in [0, 0.1) is 6.92 Å². The molecule has 1 aliphatic rings. The maximum absolute atomic E-state index is 4.00. The van der Waals surface area contributed by atoms with E-state index in [0.717, 1.165) is 13.1 Å². The summed E-state index contributed by atoms with van der Waals surface area (Å²) in [5.74, 6) is 0. The van der Waals surface area contributed by atoms with Gasteiger partial charge in [-0.25, -0.2) is 0 Å². The Morgan fingerprint density at radius 3 is 2.74 bits per heavy atom. The van der Waals surface area contributed by atoms with Crippen LogP contribution in [-0.2, 0) is 6.54 Å². The lowest BCUT2D eigenvalue weighted by molar-refractivity contribution is 0.211. The van der Waals surface area contributed by atoms with Crippen LogP contribution < -0.4 is 5.32 Å². The van der Waals surface area contributed by atoms with Gasteiger partial charge < -0.3 is 5.32 Å². The van der Waals surface area contributed by atoms with Gasteiger partial charge in [-0.15, -0.1) is 0 Å². The summed E-state index contributed by atoms with van der Waals surface area (Å²) in [6, 6.07) is 9.43. The van der Waals surface area contributed by atoms with E-state index in [1.54, 1.807) is 0 Å². The fourth-order valence-electron chi connectivity index (χ4n) is 2.76. The Labute approximate surface area is 117 Å². The van der Waals surface area contributed by atoms with Gasteiger partial charge in [0.25, 0.3) is 0 Å². The predicted molar refractivity (Wildman–Crippen MR) is 82.3 cm³/mol. The second kappa shape index (κ2) is 6.88. The number of hydrogen-bond donors (Lipinski definition) is 1. The summed E-state index contributed by atoms with van der Waals surface area (Å²) in [7, 11) is 0. The van der Waals surface area contributed by atoms with Crippen LogP contribution in [0.15, 0.2) is 36.4 Å². The van der Waals surface area contributed by atoms with Gasteiger partial charge in [-0.1, -0.05) is 42.0 Å². The molecule has 0 saturated carbocycles. The molecule has 0 bridgehead atoms. The largest absolute Gasteiger partial charge is 0.310 e. The van der Waals surface area contributed by atoms with Crippen molar-refractivity contribution in [3.05, 3.63) is 47.5 Å². The second-order valence-electron chi connectivity index (χ2n) is 5.88. The summed E-state index contributed by atoms with van der Waals surface area (Å²) in [5, 5.41) is 3.69. The third-order valence-electron chi connectivity index (χ3n) is 3.76. The van der Waals surface area contributed by atoms with Gasteiger partial charge in [-0.05, 0) is 45.3 Å². The van der Waals surface area contributed by atoms with E-state index in [1.165, 1.54) is 42.6 Å². The molecule has 1 fully saturated rings. The number of piperidine rings is 1. The van der Waals surface area contributed by atoms with E-state index in [9.17, 15) is 0 Å². The molecule has 0 aromatic heterocycles. The first-order chi connectivity index (χ1) is 9.13. The molecule has 0 unspecified atom stereocenters. The lowest BCUT2D eigenvalue weighted by atomic mass is 10.0. The fraction of sp³-hybridized carbons (Fsp3) is 0.529. The first kappa shape index (κ1) is 14.3. The van der Waals surface area contributed by atoms with Crippen molar-refractivity contribution in [1.82, 2.24) is 10.2 Å². The number of likely N-dealkylation sites (tertiary alicyclic amines) is 1. The maximum atomic E-state index is 4.00. The molecule has 2 nitrogen and oxygen atoms in total. The summed E-state index contributed by atoms with van der Waals surface area (Å²) in [5.41, 5.74) is 4.01. The second-order valence-corrected chi connectivity index (χ2v) is 5.88. The molecule has 0 amide bonds. The average molecular weight is 258 g/mol. The number of nitrogens with one attached hydrogen (secondary N) is 1. The zero-order chi connectivity index (χ0) is 13.7. The van der Waals surface area contributed by atoms with E-state index in [1.807, 2.05) is 0 Å². The van der Waals surface area contributed by atoms with Crippen LogP contribution in [0.3, 0.4) is 0 Å². The van der Waals surface area contributed by atoms with Crippen LogP contribution in [0.2, 0.25) is 0 Å². The average Bonchev–Trinajstić information content (AvgIpc) is 2.37. The van der Waals surface area contributed by atoms with E-state index in [0.29, 0.717) is 6.04 Å². The van der Waals surface area contributed by atoms with Gasteiger partial charge in [-0.3, -0.25) is 4.90 Å². The van der Waals surface area contributed by atoms with Crippen LogP contribution in [0.25, 0.3) is 0 Å². The SMILES string of the molecule is C=C(C)CN1CCC(NCc2cccc(C)c2)CC1. The molecule has 1 heterocycles. The van der Waals surface area contributed by atoms with Crippen LogP contribution >= 0.6 is 0 Å². The van der Waals surface area contributed by atoms with Gasteiger partial charge >= 0.3 is 0 Å². The van der Waals surface area contributed by atoms with Crippen molar-refractivity contribution < 1.29 is 0 Å². The third-order valence-corrected chi connectivity index (χ3v) is 3.76. The molecule has 0 spiro atoms. The van der Waals surface area contributed by atoms with Crippen molar-refractivity contribution >= 4 is 0 Å². The molecule has 2 heteroatoms. The predicted octanol–water partition coefficient (Wildman–Crippen LogP) is 3.13. The number of benzene rings is 1. The quantitative estimate of drug-likeness (QED) is 0.816. The molecule has 0 aliphatic carbocycles. The Morgan fingerprint density at radius 2 is 2.11 bits per heavy atom. The van der Waals surface area contributed by atoms with Gasteiger partial charge in [-0.2, -0.15) is 0 Å². The molecular weight excluding hydrogens is 232 g/mol. The normalized spacial score (nSPS) is 17.6. The van der Waals surface area contributed by atoms with Gasteiger partial charge in [0.15, 0.2) is 0 Å². The molecule has 2 rings (SSSR count). The summed E-state index contributed by atoms with van der Waals surface area (Å²) in [4.78, 5) is 2.51. The Morgan fingerprint density at radius 1 is 1.37 bits per heavy atom. The van der Waals surface area contributed by atoms with Gasteiger partial charge in [0.2, 0.25) is 0 Å². The topological polar surface area (TPSA) is 15.3 Å². The highest BCUT2D eigenvalue weighted by molar-refractivity contribution is 5.22. The standard InChI is InChI=1S/C17H26N2/c1-14(2)13-19-9-7-17(8-10-19)18-12-16-6-4-5-15(3)11-16/h4-6,11,17-18H,1,7-10,12-13H2,2-3H3. The molecule has 1 aromatic rings. The van der Waals surface area contributed by atoms with Crippen molar-refractivity contribution in [1.29, 1.82) is 0 Å². The minimum absolute atomic E-state index is 0.668. The number of rotatable bonds is 5. The van der Waals surface area contributed by atoms with Crippen molar-refractivity contribution in [2.24, 2.45) is 0 Å². The Kier molecular flexibility index (Phi) is 5.17. The van der Waals surface area contributed by atoms with E-state index in [2.05, 4.69) is 54.9 Å². The molecule has 0 atom stereocenters. The summed E-state index contributed by atoms with van der Waals surface area (Å²) < 4.78 is 0. The monoisotopic (exact) mass is 258 g/mol. The maximum Gasteiger partial charge on any atom is 0.0208 e. The molecule has 19 heavy (non-hydrogen) atoms. The molecule has 1 N–H and O–H groups in total. The Bertz CT molecular complexity index is 417. The Balaban J connectivity index is 1.72. The third kappa shape index (κ3) is 4.81. The van der Waals surface area contributed by atoms with Crippen LogP contribution in [-0.4, -0.2) is 30.6 Å². The van der Waals surface area contributed by atoms with Gasteiger partial charge in [0.1, 0.15) is 0 Å². The van der Waals surface area contributed by atoms with Crippen molar-refractivity contribution in [2.45, 2.75) is 39.3 Å². The van der Waals surface area contributed by atoms with Crippen molar-refractivity contribution in [3.8, 4) is 0 Å². The van der Waals surface area contributed by atoms with Gasteiger partial charge in [0, 0.05) is 19.1 Å². The highest BCUT2D eigenvalue weighted by Gasteiger charge is 2.18. The Hall–Kier alpha value is -1.12. The van der Waals surface area contributed by atoms with Crippen LogP contribution in [0.1, 0.15) is 30.9 Å². The molecule has 1 saturated heterocycles. The highest BCUT2D eigenvalue weighted by Crippen LogP contribution is 2.12. The lowest BCUT2D eigenvalue weighted by Gasteiger charge is -2.32. The summed E-state index contributed by atoms with van der Waals surface area (Å²) in [6.45, 7) is 12.7. The molecule has 104 valence electrons. The number of nitrogens with zero attached hydrogens (tertiary/aromatic N) is 1. The van der Waals surface area contributed by atoms with E-state index >= 15 is 0 Å². The fourth-order valence-corrected chi connectivity index (χ4v) is 2.76. The van der Waals surface area contributed by atoms with E-state index in [-0.39, 0.29) is 0 Å². The molecule has 1 aromatic carbocycles. The molecular formula is C17H26N2. The van der Waals surface area contributed by atoms with E-state index < -0.39 is 0 Å². The van der Waals surface area contributed by atoms with Gasteiger partial charge in [0.05, 0.1) is 0 Å². The van der Waals surface area contributed by atoms with Crippen LogP contribution in [0.5, 0.6) is 0 Å². The lowest BCUT2D eigenvalue weighted by Crippen LogP contribution is -2.42. The zero-order valence-electron chi connectivity index (χ0n) is 12.3. The summed E-state index contributed by atoms with van der Waals surface area (Å²) in [6.07, 6.45) is 2.50. The number of aryl methyl sites for hydroxylation is 1. The molecule has 1 aliphatic heterocycles. The first-order valence-electron chi connectivity index (χ1n) is 7.29. The zero-order valence-corrected chi connectivity index (χ0v) is 12.3. The number of hydrogen-bond acceptors (Lipinski definition) is 2. The van der Waals surface area contributed by atoms with E-state index in [4.69, 9.17) is 0 Å². The minimum Gasteiger partial charge on any atom is -0.310 e. The molecule has 0 radical (unpaired) electrons. The van der Waals surface area contributed by atoms with Crippen molar-refractivity contribution in [2.75, 3.05) is 19.6 Å².